The van der Waals surface area contributed by atoms with E-state index in [9.17, 15) is 9.18 Å². The van der Waals surface area contributed by atoms with Crippen LogP contribution >= 0.6 is 11.3 Å². The van der Waals surface area contributed by atoms with Crippen molar-refractivity contribution in [1.82, 2.24) is 10.2 Å². The van der Waals surface area contributed by atoms with Crippen LogP contribution in [0, 0.1) is 11.7 Å². The monoisotopic (exact) mass is 360 g/mol. The van der Waals surface area contributed by atoms with Gasteiger partial charge < -0.3 is 10.1 Å². The molecule has 0 saturated carbocycles. The molecule has 4 nitrogen and oxygen atoms in total. The van der Waals surface area contributed by atoms with Gasteiger partial charge in [0.25, 0.3) is 0 Å². The Balaban J connectivity index is 1.36. The zero-order valence-electron chi connectivity index (χ0n) is 13.9. The molecule has 1 amide bonds. The molecule has 5 rings (SSSR count). The van der Waals surface area contributed by atoms with E-state index in [-0.39, 0.29) is 18.0 Å². The Bertz CT molecular complexity index is 755. The van der Waals surface area contributed by atoms with Crippen LogP contribution in [0.25, 0.3) is 11.1 Å². The van der Waals surface area contributed by atoms with Gasteiger partial charge in [0, 0.05) is 11.4 Å². The molecule has 3 fully saturated rings. The highest BCUT2D eigenvalue weighted by atomic mass is 32.1. The first-order valence-electron chi connectivity index (χ1n) is 8.68. The maximum atomic E-state index is 13.4. The summed E-state index contributed by atoms with van der Waals surface area (Å²) in [5.74, 6) is 0.240. The average molecular weight is 360 g/mol. The van der Waals surface area contributed by atoms with E-state index in [0.29, 0.717) is 12.5 Å². The Labute approximate surface area is 150 Å². The van der Waals surface area contributed by atoms with Gasteiger partial charge in [-0.3, -0.25) is 4.90 Å². The van der Waals surface area contributed by atoms with Gasteiger partial charge in [0.1, 0.15) is 11.9 Å². The number of halogens is 1. The smallest absolute Gasteiger partial charge is 0.407 e. The fourth-order valence-electron chi connectivity index (χ4n) is 3.77. The molecule has 1 aromatic heterocycles. The number of hydrogen-bond donors (Lipinski definition) is 1. The summed E-state index contributed by atoms with van der Waals surface area (Å²) in [5.41, 5.74) is 1.77. The summed E-state index contributed by atoms with van der Waals surface area (Å²) in [6.07, 6.45) is 1.88. The number of alkyl carbamates (subject to hydrolysis) is 1. The molecule has 2 aromatic rings. The number of piperidine rings is 3. The largest absolute Gasteiger partial charge is 0.445 e. The van der Waals surface area contributed by atoms with Crippen molar-refractivity contribution in [2.75, 3.05) is 19.6 Å². The highest BCUT2D eigenvalue weighted by Crippen LogP contribution is 2.30. The van der Waals surface area contributed by atoms with Gasteiger partial charge in [0.2, 0.25) is 0 Å². The maximum absolute atomic E-state index is 13.4. The molecule has 2 bridgehead atoms. The van der Waals surface area contributed by atoms with Gasteiger partial charge in [0.05, 0.1) is 6.54 Å². The number of rotatable bonds is 4. The molecule has 0 spiro atoms. The molecule has 132 valence electrons. The summed E-state index contributed by atoms with van der Waals surface area (Å²) < 4.78 is 19.1. The van der Waals surface area contributed by atoms with Crippen molar-refractivity contribution >= 4 is 17.4 Å². The Hall–Kier alpha value is -1.92. The Kier molecular flexibility index (Phi) is 4.72. The molecule has 1 unspecified atom stereocenters. The second kappa shape index (κ2) is 7.14. The first kappa shape index (κ1) is 16.5. The highest BCUT2D eigenvalue weighted by Gasteiger charge is 2.36. The van der Waals surface area contributed by atoms with Crippen LogP contribution in [-0.2, 0) is 11.3 Å². The highest BCUT2D eigenvalue weighted by molar-refractivity contribution is 7.10. The quantitative estimate of drug-likeness (QED) is 0.900. The van der Waals surface area contributed by atoms with E-state index < -0.39 is 0 Å². The average Bonchev–Trinajstić information content (AvgIpc) is 3.10. The molecular formula is C19H21FN2O2S. The van der Waals surface area contributed by atoms with Crippen LogP contribution in [0.1, 0.15) is 17.7 Å². The van der Waals surface area contributed by atoms with E-state index in [1.165, 1.54) is 12.1 Å². The number of fused-ring (bicyclic) bond motifs is 3. The number of nitrogens with zero attached hydrogens (tertiary/aromatic N) is 1. The molecule has 0 radical (unpaired) electrons. The standard InChI is InChI=1S/C19H21FN2O2S/c20-15-3-1-2-14(10-15)16-6-9-25-18(16)11-21-19(23)24-17-12-22-7-4-13(17)5-8-22/h1-3,6,9-10,13,17H,4-5,7-8,11-12H2,(H,21,23). The molecular weight excluding hydrogens is 339 g/mol. The zero-order valence-corrected chi connectivity index (χ0v) is 14.7. The second-order valence-corrected chi connectivity index (χ2v) is 7.70. The van der Waals surface area contributed by atoms with Crippen LogP contribution in [0.15, 0.2) is 35.7 Å². The Morgan fingerprint density at radius 2 is 2.16 bits per heavy atom. The van der Waals surface area contributed by atoms with E-state index >= 15 is 0 Å². The van der Waals surface area contributed by atoms with Crippen molar-refractivity contribution in [3.8, 4) is 11.1 Å². The summed E-state index contributed by atoms with van der Waals surface area (Å²) in [7, 11) is 0. The SMILES string of the molecule is O=C(NCc1sccc1-c1cccc(F)c1)OC1CN2CCC1CC2. The third-order valence-corrected chi connectivity index (χ3v) is 6.05. The van der Waals surface area contributed by atoms with Gasteiger partial charge in [-0.05, 0) is 66.6 Å². The maximum Gasteiger partial charge on any atom is 0.407 e. The molecule has 25 heavy (non-hydrogen) atoms. The predicted octanol–water partition coefficient (Wildman–Crippen LogP) is 3.87. The lowest BCUT2D eigenvalue weighted by Crippen LogP contribution is -2.52. The normalized spacial score (nSPS) is 24.9. The first-order valence-corrected chi connectivity index (χ1v) is 9.56. The third-order valence-electron chi connectivity index (χ3n) is 5.13. The molecule has 3 saturated heterocycles. The van der Waals surface area contributed by atoms with Crippen molar-refractivity contribution in [3.63, 3.8) is 0 Å². The minimum atomic E-state index is -0.364. The van der Waals surface area contributed by atoms with Crippen molar-refractivity contribution in [2.24, 2.45) is 5.92 Å². The number of carbonyl (C=O) groups excluding carboxylic acids is 1. The molecule has 1 N–H and O–H groups in total. The van der Waals surface area contributed by atoms with Crippen LogP contribution in [0.3, 0.4) is 0 Å². The van der Waals surface area contributed by atoms with E-state index in [0.717, 1.165) is 48.5 Å². The van der Waals surface area contributed by atoms with E-state index in [1.807, 2.05) is 17.5 Å². The molecule has 1 atom stereocenters. The number of carbonyl (C=O) groups is 1. The van der Waals surface area contributed by atoms with Crippen LogP contribution in [0.2, 0.25) is 0 Å². The van der Waals surface area contributed by atoms with Crippen molar-refractivity contribution < 1.29 is 13.9 Å². The molecule has 3 aliphatic rings. The van der Waals surface area contributed by atoms with Crippen molar-refractivity contribution in [3.05, 3.63) is 46.4 Å². The van der Waals surface area contributed by atoms with Gasteiger partial charge >= 0.3 is 6.09 Å². The fraction of sp³-hybridized carbons (Fsp3) is 0.421. The van der Waals surface area contributed by atoms with Crippen LogP contribution in [0.4, 0.5) is 9.18 Å². The summed E-state index contributed by atoms with van der Waals surface area (Å²) in [4.78, 5) is 15.5. The Morgan fingerprint density at radius 1 is 1.32 bits per heavy atom. The Morgan fingerprint density at radius 3 is 2.88 bits per heavy atom. The van der Waals surface area contributed by atoms with E-state index in [1.54, 1.807) is 17.4 Å². The lowest BCUT2D eigenvalue weighted by molar-refractivity contribution is -0.0332. The van der Waals surface area contributed by atoms with Crippen molar-refractivity contribution in [1.29, 1.82) is 0 Å². The number of amides is 1. The van der Waals surface area contributed by atoms with Gasteiger partial charge in [-0.25, -0.2) is 9.18 Å². The minimum Gasteiger partial charge on any atom is -0.445 e. The third kappa shape index (κ3) is 3.70. The molecule has 3 aliphatic heterocycles. The molecule has 4 heterocycles. The van der Waals surface area contributed by atoms with Crippen LogP contribution in [-0.4, -0.2) is 36.7 Å². The van der Waals surface area contributed by atoms with E-state index in [2.05, 4.69) is 10.2 Å². The fourth-order valence-corrected chi connectivity index (χ4v) is 4.60. The summed E-state index contributed by atoms with van der Waals surface area (Å²) in [5, 5.41) is 4.81. The lowest BCUT2D eigenvalue weighted by Gasteiger charge is -2.43. The van der Waals surface area contributed by atoms with Gasteiger partial charge in [-0.15, -0.1) is 11.3 Å². The lowest BCUT2D eigenvalue weighted by atomic mass is 9.86. The molecule has 1 aromatic carbocycles. The zero-order chi connectivity index (χ0) is 17.2. The molecule has 6 heteroatoms. The van der Waals surface area contributed by atoms with Gasteiger partial charge in [0.15, 0.2) is 0 Å². The first-order chi connectivity index (χ1) is 12.2. The van der Waals surface area contributed by atoms with Crippen LogP contribution in [0.5, 0.6) is 0 Å². The predicted molar refractivity (Wildman–Crippen MR) is 96.0 cm³/mol. The van der Waals surface area contributed by atoms with Gasteiger partial charge in [-0.1, -0.05) is 12.1 Å². The number of ether oxygens (including phenoxy) is 1. The summed E-state index contributed by atoms with van der Waals surface area (Å²) in [6.45, 7) is 3.49. The van der Waals surface area contributed by atoms with Gasteiger partial charge in [-0.2, -0.15) is 0 Å². The number of benzene rings is 1. The minimum absolute atomic E-state index is 0.00789. The number of hydrogen-bond acceptors (Lipinski definition) is 4. The van der Waals surface area contributed by atoms with E-state index in [4.69, 9.17) is 4.74 Å². The number of thiophene rings is 1. The summed E-state index contributed by atoms with van der Waals surface area (Å²) >= 11 is 1.55. The van der Waals surface area contributed by atoms with Crippen LogP contribution < -0.4 is 5.32 Å². The molecule has 0 aliphatic carbocycles. The van der Waals surface area contributed by atoms with Crippen molar-refractivity contribution in [2.45, 2.75) is 25.5 Å². The number of nitrogens with one attached hydrogen (secondary N) is 1. The topological polar surface area (TPSA) is 41.6 Å². The summed E-state index contributed by atoms with van der Waals surface area (Å²) in [6, 6.07) is 8.47. The second-order valence-electron chi connectivity index (χ2n) is 6.70.